The number of nitrogens with one attached hydrogen (secondary N) is 1. The predicted molar refractivity (Wildman–Crippen MR) is 102 cm³/mol. The molecule has 0 aliphatic heterocycles. The van der Waals surface area contributed by atoms with Gasteiger partial charge in [-0.1, -0.05) is 0 Å². The topological polar surface area (TPSA) is 111 Å². The van der Waals surface area contributed by atoms with E-state index in [1.165, 1.54) is 0 Å². The lowest BCUT2D eigenvalue weighted by Crippen LogP contribution is -2.17. The maximum atomic E-state index is 12.5. The molecule has 0 aromatic carbocycles. The van der Waals surface area contributed by atoms with E-state index in [9.17, 15) is 14.4 Å². The number of furan rings is 1. The lowest BCUT2D eigenvalue weighted by Gasteiger charge is -2.12. The molecular weight excluding hydrogens is 384 g/mol. The van der Waals surface area contributed by atoms with Crippen LogP contribution in [-0.2, 0) is 20.7 Å². The number of aromatic amines is 1. The van der Waals surface area contributed by atoms with Gasteiger partial charge in [-0.25, -0.2) is 9.78 Å². The molecule has 1 N–H and O–H groups in total. The summed E-state index contributed by atoms with van der Waals surface area (Å²) in [6.07, 6.45) is 1.37. The predicted octanol–water partition coefficient (Wildman–Crippen LogP) is 3.30. The number of aryl methyl sites for hydroxylation is 2. The second-order valence-electron chi connectivity index (χ2n) is 6.12. The van der Waals surface area contributed by atoms with Gasteiger partial charge < -0.3 is 18.9 Å². The van der Waals surface area contributed by atoms with Gasteiger partial charge in [0.2, 0.25) is 0 Å². The minimum absolute atomic E-state index is 0.148. The lowest BCUT2D eigenvalue weighted by atomic mass is 10.2. The largest absolute Gasteiger partial charge is 0.469 e. The lowest BCUT2D eigenvalue weighted by molar-refractivity contribution is -0.149. The summed E-state index contributed by atoms with van der Waals surface area (Å²) in [7, 11) is 0. The van der Waals surface area contributed by atoms with Crippen molar-refractivity contribution in [1.29, 1.82) is 0 Å². The molecular formula is C19H20N2O6S. The van der Waals surface area contributed by atoms with Gasteiger partial charge in [0.15, 0.2) is 11.9 Å². The number of thiophene rings is 1. The van der Waals surface area contributed by atoms with Crippen molar-refractivity contribution < 1.29 is 23.5 Å². The Morgan fingerprint density at radius 3 is 2.86 bits per heavy atom. The molecule has 3 aromatic heterocycles. The molecule has 148 valence electrons. The van der Waals surface area contributed by atoms with E-state index in [4.69, 9.17) is 13.9 Å². The number of ether oxygens (including phenoxy) is 2. The van der Waals surface area contributed by atoms with Gasteiger partial charge in [-0.3, -0.25) is 9.59 Å². The summed E-state index contributed by atoms with van der Waals surface area (Å²) in [4.78, 5) is 44.4. The van der Waals surface area contributed by atoms with Crippen LogP contribution in [0.25, 0.3) is 10.2 Å². The zero-order chi connectivity index (χ0) is 20.3. The van der Waals surface area contributed by atoms with E-state index >= 15 is 0 Å². The fraction of sp³-hybridized carbons (Fsp3) is 0.368. The average molecular weight is 404 g/mol. The maximum Gasteiger partial charge on any atom is 0.348 e. The van der Waals surface area contributed by atoms with E-state index in [1.807, 2.05) is 0 Å². The quantitative estimate of drug-likeness (QED) is 0.601. The van der Waals surface area contributed by atoms with Gasteiger partial charge in [-0.2, -0.15) is 0 Å². The summed E-state index contributed by atoms with van der Waals surface area (Å²) in [5, 5.41) is 0.341. The van der Waals surface area contributed by atoms with Crippen molar-refractivity contribution in [2.24, 2.45) is 0 Å². The van der Waals surface area contributed by atoms with Gasteiger partial charge in [0.05, 0.1) is 24.7 Å². The second-order valence-corrected chi connectivity index (χ2v) is 7.12. The van der Waals surface area contributed by atoms with Crippen molar-refractivity contribution in [3.63, 3.8) is 0 Å². The Morgan fingerprint density at radius 1 is 1.39 bits per heavy atom. The molecule has 0 amide bonds. The van der Waals surface area contributed by atoms with Crippen molar-refractivity contribution in [3.8, 4) is 0 Å². The number of esters is 2. The van der Waals surface area contributed by atoms with Crippen LogP contribution < -0.4 is 5.56 Å². The molecule has 0 aliphatic carbocycles. The summed E-state index contributed by atoms with van der Waals surface area (Å²) < 4.78 is 15.6. The smallest absolute Gasteiger partial charge is 0.348 e. The molecule has 0 spiro atoms. The van der Waals surface area contributed by atoms with Gasteiger partial charge in [0.25, 0.3) is 5.56 Å². The fourth-order valence-electron chi connectivity index (χ4n) is 2.74. The number of rotatable bonds is 7. The van der Waals surface area contributed by atoms with Crippen LogP contribution >= 0.6 is 11.3 Å². The number of aromatic nitrogens is 2. The van der Waals surface area contributed by atoms with Gasteiger partial charge in [-0.15, -0.1) is 11.3 Å². The first-order valence-corrected chi connectivity index (χ1v) is 9.64. The van der Waals surface area contributed by atoms with E-state index in [2.05, 4.69) is 9.97 Å². The van der Waals surface area contributed by atoms with Crippen LogP contribution in [0.2, 0.25) is 0 Å². The first-order chi connectivity index (χ1) is 13.4. The zero-order valence-electron chi connectivity index (χ0n) is 15.7. The minimum atomic E-state index is -0.741. The van der Waals surface area contributed by atoms with Crippen molar-refractivity contribution in [3.05, 3.63) is 50.8 Å². The Labute approximate surface area is 164 Å². The Morgan fingerprint density at radius 2 is 2.18 bits per heavy atom. The summed E-state index contributed by atoms with van der Waals surface area (Å²) in [6, 6.07) is 3.53. The van der Waals surface area contributed by atoms with Gasteiger partial charge in [0, 0.05) is 6.42 Å². The second kappa shape index (κ2) is 8.39. The highest BCUT2D eigenvalue weighted by Crippen LogP contribution is 2.28. The summed E-state index contributed by atoms with van der Waals surface area (Å²) in [5.41, 5.74) is 0.143. The SMILES string of the molecule is CCOC(=O)c1sc2nc([C@@H](C)OC(=O)CCc3ccco3)[nH]c(=O)c2c1C. The maximum absolute atomic E-state index is 12.5. The van der Waals surface area contributed by atoms with Gasteiger partial charge in [-0.05, 0) is 38.5 Å². The van der Waals surface area contributed by atoms with Crippen LogP contribution in [0.1, 0.15) is 53.2 Å². The molecule has 9 heteroatoms. The zero-order valence-corrected chi connectivity index (χ0v) is 16.6. The molecule has 0 radical (unpaired) electrons. The first-order valence-electron chi connectivity index (χ1n) is 8.83. The molecule has 0 unspecified atom stereocenters. The monoisotopic (exact) mass is 404 g/mol. The van der Waals surface area contributed by atoms with E-state index < -0.39 is 18.0 Å². The molecule has 0 aliphatic rings. The van der Waals surface area contributed by atoms with Crippen LogP contribution in [0.4, 0.5) is 0 Å². The van der Waals surface area contributed by atoms with Crippen molar-refractivity contribution >= 4 is 33.5 Å². The number of carbonyl (C=O) groups excluding carboxylic acids is 2. The number of carbonyl (C=O) groups is 2. The van der Waals surface area contributed by atoms with Crippen LogP contribution in [0.15, 0.2) is 27.6 Å². The molecule has 0 bridgehead atoms. The number of hydrogen-bond donors (Lipinski definition) is 1. The Kier molecular flexibility index (Phi) is 5.93. The highest BCUT2D eigenvalue weighted by molar-refractivity contribution is 7.20. The summed E-state index contributed by atoms with van der Waals surface area (Å²) in [5.74, 6) is 0.00110. The average Bonchev–Trinajstić information content (AvgIpc) is 3.28. The van der Waals surface area contributed by atoms with E-state index in [-0.39, 0.29) is 24.4 Å². The van der Waals surface area contributed by atoms with Crippen molar-refractivity contribution in [2.75, 3.05) is 6.61 Å². The fourth-order valence-corrected chi connectivity index (χ4v) is 3.82. The Balaban J connectivity index is 1.78. The normalized spacial score (nSPS) is 12.1. The standard InChI is InChI=1S/C19H20N2O6S/c1-4-25-19(24)15-10(2)14-17(23)20-16(21-18(14)28-15)11(3)27-13(22)8-7-12-6-5-9-26-12/h5-6,9,11H,4,7-8H2,1-3H3,(H,20,21,23)/t11-/m1/s1. The van der Waals surface area contributed by atoms with Gasteiger partial charge in [0.1, 0.15) is 15.5 Å². The van der Waals surface area contributed by atoms with E-state index in [1.54, 1.807) is 39.2 Å². The number of H-pyrrole nitrogens is 1. The molecule has 3 aromatic rings. The third-order valence-corrected chi connectivity index (χ3v) is 5.29. The molecule has 3 rings (SSSR count). The number of nitrogens with zero attached hydrogens (tertiary/aromatic N) is 1. The molecule has 0 saturated heterocycles. The third-order valence-electron chi connectivity index (χ3n) is 4.13. The molecule has 3 heterocycles. The minimum Gasteiger partial charge on any atom is -0.469 e. The summed E-state index contributed by atoms with van der Waals surface area (Å²) >= 11 is 1.09. The summed E-state index contributed by atoms with van der Waals surface area (Å²) in [6.45, 7) is 5.26. The van der Waals surface area contributed by atoms with Crippen LogP contribution in [-0.4, -0.2) is 28.5 Å². The van der Waals surface area contributed by atoms with E-state index in [0.29, 0.717) is 32.8 Å². The van der Waals surface area contributed by atoms with Crippen molar-refractivity contribution in [2.45, 2.75) is 39.7 Å². The number of hydrogen-bond acceptors (Lipinski definition) is 8. The molecule has 0 fully saturated rings. The molecule has 0 saturated carbocycles. The Bertz CT molecular complexity index is 1050. The first kappa shape index (κ1) is 19.8. The molecule has 28 heavy (non-hydrogen) atoms. The number of fused-ring (bicyclic) bond motifs is 1. The van der Waals surface area contributed by atoms with Crippen LogP contribution in [0.5, 0.6) is 0 Å². The van der Waals surface area contributed by atoms with E-state index in [0.717, 1.165) is 11.3 Å². The van der Waals surface area contributed by atoms with Crippen molar-refractivity contribution in [1.82, 2.24) is 9.97 Å². The molecule has 8 nitrogen and oxygen atoms in total. The highest BCUT2D eigenvalue weighted by Gasteiger charge is 2.22. The van der Waals surface area contributed by atoms with Gasteiger partial charge >= 0.3 is 11.9 Å². The van der Waals surface area contributed by atoms with Crippen LogP contribution in [0.3, 0.4) is 0 Å². The van der Waals surface area contributed by atoms with Crippen LogP contribution in [0, 0.1) is 6.92 Å². The molecule has 1 atom stereocenters. The Hall–Kier alpha value is -2.94. The third kappa shape index (κ3) is 4.14. The highest BCUT2D eigenvalue weighted by atomic mass is 32.1.